The Morgan fingerprint density at radius 2 is 2.05 bits per heavy atom. The topological polar surface area (TPSA) is 55.8 Å². The van der Waals surface area contributed by atoms with E-state index in [0.717, 1.165) is 11.3 Å². The molecule has 1 heterocycles. The third kappa shape index (κ3) is 1.43. The lowest BCUT2D eigenvalue weighted by Crippen LogP contribution is -2.34. The molecule has 5 nitrogen and oxygen atoms in total. The Balaban J connectivity index is 2.03. The summed E-state index contributed by atoms with van der Waals surface area (Å²) >= 11 is 0. The molecule has 0 aromatic heterocycles. The second kappa shape index (κ2) is 4.23. The summed E-state index contributed by atoms with van der Waals surface area (Å²) in [4.78, 5) is 25.7. The fourth-order valence-electron chi connectivity index (χ4n) is 3.44. The number of anilines is 1. The van der Waals surface area contributed by atoms with Gasteiger partial charge in [-0.25, -0.2) is 4.79 Å². The molecule has 1 aliphatic heterocycles. The molecule has 0 saturated heterocycles. The fraction of sp³-hybridized carbons (Fsp3) is 0.467. The van der Waals surface area contributed by atoms with Crippen molar-refractivity contribution in [3.8, 4) is 0 Å². The summed E-state index contributed by atoms with van der Waals surface area (Å²) < 4.78 is 9.98. The number of para-hydroxylation sites is 1. The third-order valence-corrected chi connectivity index (χ3v) is 4.40. The molecule has 0 unspecified atom stereocenters. The average molecular weight is 275 g/mol. The minimum absolute atomic E-state index is 0.202. The molecule has 1 aromatic rings. The van der Waals surface area contributed by atoms with E-state index in [0.29, 0.717) is 6.61 Å². The number of nitrogens with zero attached hydrogens (tertiary/aromatic N) is 1. The minimum Gasteiger partial charge on any atom is -0.466 e. The van der Waals surface area contributed by atoms with E-state index in [-0.39, 0.29) is 23.3 Å². The molecular formula is C15H17NO4. The van der Waals surface area contributed by atoms with Gasteiger partial charge >= 0.3 is 12.1 Å². The van der Waals surface area contributed by atoms with Crippen molar-refractivity contribution in [2.45, 2.75) is 25.3 Å². The van der Waals surface area contributed by atoms with Gasteiger partial charge in [0.05, 0.1) is 31.4 Å². The van der Waals surface area contributed by atoms with Gasteiger partial charge in [-0.1, -0.05) is 25.1 Å². The predicted molar refractivity (Wildman–Crippen MR) is 72.6 cm³/mol. The Bertz CT molecular complexity index is 585. The molecule has 1 amide bonds. The summed E-state index contributed by atoms with van der Waals surface area (Å²) in [6.07, 6.45) is -0.432. The number of methoxy groups -OCH3 is 1. The summed E-state index contributed by atoms with van der Waals surface area (Å²) in [7, 11) is 1.35. The van der Waals surface area contributed by atoms with Gasteiger partial charge in [0.1, 0.15) is 0 Å². The van der Waals surface area contributed by atoms with Crippen LogP contribution < -0.4 is 4.90 Å². The Morgan fingerprint density at radius 3 is 2.70 bits per heavy atom. The maximum absolute atomic E-state index is 12.1. The van der Waals surface area contributed by atoms with Gasteiger partial charge < -0.3 is 9.47 Å². The summed E-state index contributed by atoms with van der Waals surface area (Å²) in [5, 5.41) is 0. The Labute approximate surface area is 117 Å². The van der Waals surface area contributed by atoms with Crippen LogP contribution in [0.4, 0.5) is 10.5 Å². The molecule has 0 radical (unpaired) electrons. The molecule has 20 heavy (non-hydrogen) atoms. The molecule has 3 atom stereocenters. The van der Waals surface area contributed by atoms with E-state index in [4.69, 9.17) is 9.47 Å². The van der Waals surface area contributed by atoms with Crippen molar-refractivity contribution >= 4 is 17.7 Å². The smallest absolute Gasteiger partial charge is 0.414 e. The van der Waals surface area contributed by atoms with Crippen LogP contribution >= 0.6 is 0 Å². The predicted octanol–water partition coefficient (Wildman–Crippen LogP) is 2.09. The van der Waals surface area contributed by atoms with Crippen LogP contribution in [0.3, 0.4) is 0 Å². The molecule has 2 aliphatic rings. The van der Waals surface area contributed by atoms with E-state index in [2.05, 4.69) is 0 Å². The molecule has 1 aliphatic carbocycles. The molecule has 1 aromatic carbocycles. The standard InChI is InChI=1S/C15H17NO4/c1-4-20-13(17)11-12-15(11,2)9-7-5-6-8-10(9)16(12)14(18)19-3/h5-8,11-12H,4H2,1-3H3/t11-,12+,15-/m1/s1. The van der Waals surface area contributed by atoms with Crippen LogP contribution in [0.25, 0.3) is 0 Å². The van der Waals surface area contributed by atoms with Gasteiger partial charge in [0.15, 0.2) is 0 Å². The van der Waals surface area contributed by atoms with E-state index < -0.39 is 6.09 Å². The zero-order valence-corrected chi connectivity index (χ0v) is 11.8. The first-order chi connectivity index (χ1) is 9.57. The SMILES string of the molecule is CCOC(=O)[C@H]1[C@@H]2N(C(=O)OC)c3ccccc3[C@@]21C. The van der Waals surface area contributed by atoms with Crippen LogP contribution in [0.2, 0.25) is 0 Å². The minimum atomic E-state index is -0.432. The monoisotopic (exact) mass is 275 g/mol. The van der Waals surface area contributed by atoms with E-state index in [1.807, 2.05) is 31.2 Å². The molecular weight excluding hydrogens is 258 g/mol. The first-order valence-corrected chi connectivity index (χ1v) is 6.70. The second-order valence-electron chi connectivity index (χ2n) is 5.31. The van der Waals surface area contributed by atoms with Crippen molar-refractivity contribution in [1.29, 1.82) is 0 Å². The number of amides is 1. The van der Waals surface area contributed by atoms with Crippen molar-refractivity contribution in [2.24, 2.45) is 5.92 Å². The van der Waals surface area contributed by atoms with Crippen LogP contribution in [-0.2, 0) is 19.7 Å². The van der Waals surface area contributed by atoms with E-state index in [9.17, 15) is 9.59 Å². The van der Waals surface area contributed by atoms with E-state index in [1.54, 1.807) is 11.8 Å². The number of rotatable bonds is 2. The van der Waals surface area contributed by atoms with Crippen molar-refractivity contribution in [3.63, 3.8) is 0 Å². The number of hydrogen-bond acceptors (Lipinski definition) is 4. The van der Waals surface area contributed by atoms with Crippen molar-refractivity contribution < 1.29 is 19.1 Å². The maximum Gasteiger partial charge on any atom is 0.414 e. The number of hydrogen-bond donors (Lipinski definition) is 0. The average Bonchev–Trinajstić information content (AvgIpc) is 2.98. The van der Waals surface area contributed by atoms with Gasteiger partial charge in [0, 0.05) is 5.41 Å². The quantitative estimate of drug-likeness (QED) is 0.776. The summed E-state index contributed by atoms with van der Waals surface area (Å²) in [5.41, 5.74) is 1.47. The molecule has 1 saturated carbocycles. The van der Waals surface area contributed by atoms with Crippen molar-refractivity contribution in [3.05, 3.63) is 29.8 Å². The highest BCUT2D eigenvalue weighted by molar-refractivity contribution is 5.99. The Hall–Kier alpha value is -2.04. The van der Waals surface area contributed by atoms with Gasteiger partial charge in [-0.2, -0.15) is 0 Å². The fourth-order valence-corrected chi connectivity index (χ4v) is 3.44. The Morgan fingerprint density at radius 1 is 1.35 bits per heavy atom. The number of carbonyl (C=O) groups excluding carboxylic acids is 2. The van der Waals surface area contributed by atoms with Gasteiger partial charge in [0.2, 0.25) is 0 Å². The highest BCUT2D eigenvalue weighted by atomic mass is 16.5. The first kappa shape index (κ1) is 13.0. The molecule has 1 fully saturated rings. The molecule has 0 bridgehead atoms. The van der Waals surface area contributed by atoms with E-state index >= 15 is 0 Å². The molecule has 0 N–H and O–H groups in total. The summed E-state index contributed by atoms with van der Waals surface area (Å²) in [5.74, 6) is -0.556. The van der Waals surface area contributed by atoms with E-state index in [1.165, 1.54) is 7.11 Å². The molecule has 3 rings (SSSR count). The van der Waals surface area contributed by atoms with Crippen LogP contribution in [0.15, 0.2) is 24.3 Å². The highest BCUT2D eigenvalue weighted by Crippen LogP contribution is 2.65. The zero-order valence-electron chi connectivity index (χ0n) is 11.8. The number of esters is 1. The summed E-state index contributed by atoms with van der Waals surface area (Å²) in [6.45, 7) is 4.13. The normalized spacial score (nSPS) is 29.4. The Kier molecular flexibility index (Phi) is 2.74. The van der Waals surface area contributed by atoms with Gasteiger partial charge in [0.25, 0.3) is 0 Å². The highest BCUT2D eigenvalue weighted by Gasteiger charge is 2.75. The summed E-state index contributed by atoms with van der Waals surface area (Å²) in [6, 6.07) is 7.44. The number of fused-ring (bicyclic) bond motifs is 3. The van der Waals surface area contributed by atoms with Crippen molar-refractivity contribution in [2.75, 3.05) is 18.6 Å². The molecule has 106 valence electrons. The largest absolute Gasteiger partial charge is 0.466 e. The number of benzene rings is 1. The lowest BCUT2D eigenvalue weighted by atomic mass is 9.95. The molecule has 5 heteroatoms. The molecule has 0 spiro atoms. The van der Waals surface area contributed by atoms with Gasteiger partial charge in [-0.05, 0) is 18.6 Å². The lowest BCUT2D eigenvalue weighted by molar-refractivity contribution is -0.145. The van der Waals surface area contributed by atoms with Crippen LogP contribution in [0, 0.1) is 5.92 Å². The zero-order chi connectivity index (χ0) is 14.5. The van der Waals surface area contributed by atoms with Gasteiger partial charge in [-0.3, -0.25) is 9.69 Å². The lowest BCUT2D eigenvalue weighted by Gasteiger charge is -2.20. The van der Waals surface area contributed by atoms with Gasteiger partial charge in [-0.15, -0.1) is 0 Å². The van der Waals surface area contributed by atoms with Crippen LogP contribution in [0.5, 0.6) is 0 Å². The maximum atomic E-state index is 12.1. The van der Waals surface area contributed by atoms with Crippen molar-refractivity contribution in [1.82, 2.24) is 0 Å². The first-order valence-electron chi connectivity index (χ1n) is 6.70. The second-order valence-corrected chi connectivity index (χ2v) is 5.31. The number of ether oxygens (including phenoxy) is 2. The number of carbonyl (C=O) groups is 2. The van der Waals surface area contributed by atoms with Crippen LogP contribution in [0.1, 0.15) is 19.4 Å². The third-order valence-electron chi connectivity index (χ3n) is 4.40. The van der Waals surface area contributed by atoms with Crippen LogP contribution in [-0.4, -0.2) is 31.8 Å².